The number of hydrogen-bond acceptors (Lipinski definition) is 4. The molecule has 0 heterocycles. The molecular formula is C19H16N2O4. The number of nitrogens with one attached hydrogen (secondary N) is 1. The molecule has 2 aromatic carbocycles. The predicted molar refractivity (Wildman–Crippen MR) is 93.2 cm³/mol. The number of anilines is 1. The van der Waals surface area contributed by atoms with Gasteiger partial charge in [0, 0.05) is 5.56 Å². The normalized spacial score (nSPS) is 10.6. The average Bonchev–Trinajstić information content (AvgIpc) is 2.61. The fourth-order valence-corrected chi connectivity index (χ4v) is 2.16. The van der Waals surface area contributed by atoms with Crippen LogP contribution in [0.1, 0.15) is 22.8 Å². The van der Waals surface area contributed by atoms with E-state index in [2.05, 4.69) is 5.32 Å². The molecule has 0 atom stereocenters. The average molecular weight is 336 g/mol. The molecule has 1 amide bonds. The molecule has 0 fully saturated rings. The Morgan fingerprint density at radius 1 is 1.20 bits per heavy atom. The number of para-hydroxylation sites is 2. The molecule has 2 rings (SSSR count). The van der Waals surface area contributed by atoms with Gasteiger partial charge in [-0.15, -0.1) is 0 Å². The lowest BCUT2D eigenvalue weighted by molar-refractivity contribution is -0.112. The fraction of sp³-hybridized carbons (Fsp3) is 0.105. The van der Waals surface area contributed by atoms with E-state index in [1.54, 1.807) is 36.4 Å². The first kappa shape index (κ1) is 17.8. The third kappa shape index (κ3) is 4.45. The van der Waals surface area contributed by atoms with Gasteiger partial charge in [0.15, 0.2) is 0 Å². The maximum absolute atomic E-state index is 12.4. The number of nitriles is 1. The van der Waals surface area contributed by atoms with Crippen molar-refractivity contribution in [2.24, 2.45) is 0 Å². The van der Waals surface area contributed by atoms with E-state index >= 15 is 0 Å². The molecule has 25 heavy (non-hydrogen) atoms. The van der Waals surface area contributed by atoms with Crippen molar-refractivity contribution in [3.05, 3.63) is 65.2 Å². The molecule has 6 heteroatoms. The third-order valence-electron chi connectivity index (χ3n) is 3.29. The van der Waals surface area contributed by atoms with E-state index in [-0.39, 0.29) is 16.8 Å². The highest BCUT2D eigenvalue weighted by Gasteiger charge is 2.15. The first-order valence-corrected chi connectivity index (χ1v) is 7.54. The molecule has 0 spiro atoms. The fourth-order valence-electron chi connectivity index (χ4n) is 2.16. The van der Waals surface area contributed by atoms with Crippen molar-refractivity contribution in [1.29, 1.82) is 5.26 Å². The van der Waals surface area contributed by atoms with E-state index in [0.717, 1.165) is 0 Å². The van der Waals surface area contributed by atoms with Gasteiger partial charge in [0.1, 0.15) is 17.4 Å². The Morgan fingerprint density at radius 3 is 2.56 bits per heavy atom. The molecule has 2 N–H and O–H groups in total. The third-order valence-corrected chi connectivity index (χ3v) is 3.29. The number of carbonyl (C=O) groups is 2. The molecule has 0 aliphatic heterocycles. The molecule has 0 saturated carbocycles. The minimum atomic E-state index is -1.17. The quantitative estimate of drug-likeness (QED) is 0.622. The SMILES string of the molecule is CCOc1ccccc1C=C(C#N)C(=O)Nc1ccccc1C(=O)O. The summed E-state index contributed by atoms with van der Waals surface area (Å²) in [6, 6.07) is 14.8. The summed E-state index contributed by atoms with van der Waals surface area (Å²) in [6.45, 7) is 2.28. The zero-order valence-electron chi connectivity index (χ0n) is 13.5. The summed E-state index contributed by atoms with van der Waals surface area (Å²) in [4.78, 5) is 23.6. The zero-order valence-corrected chi connectivity index (χ0v) is 13.5. The van der Waals surface area contributed by atoms with E-state index in [0.29, 0.717) is 17.9 Å². The zero-order chi connectivity index (χ0) is 18.2. The number of aromatic carboxylic acids is 1. The van der Waals surface area contributed by atoms with Crippen LogP contribution >= 0.6 is 0 Å². The molecule has 126 valence electrons. The minimum absolute atomic E-state index is 0.0529. The number of carboxylic acids is 1. The van der Waals surface area contributed by atoms with Crippen molar-refractivity contribution < 1.29 is 19.4 Å². The van der Waals surface area contributed by atoms with Crippen LogP contribution < -0.4 is 10.1 Å². The maximum atomic E-state index is 12.4. The van der Waals surface area contributed by atoms with Gasteiger partial charge in [0.2, 0.25) is 0 Å². The van der Waals surface area contributed by atoms with Crippen LogP contribution in [0.15, 0.2) is 54.1 Å². The molecule has 0 radical (unpaired) electrons. The lowest BCUT2D eigenvalue weighted by Gasteiger charge is -2.09. The van der Waals surface area contributed by atoms with Gasteiger partial charge in [-0.3, -0.25) is 4.79 Å². The van der Waals surface area contributed by atoms with Crippen LogP contribution in [0.5, 0.6) is 5.75 Å². The summed E-state index contributed by atoms with van der Waals surface area (Å²) in [5.41, 5.74) is 0.497. The number of benzene rings is 2. The second-order valence-electron chi connectivity index (χ2n) is 4.95. The van der Waals surface area contributed by atoms with Gasteiger partial charge >= 0.3 is 5.97 Å². The molecule has 6 nitrogen and oxygen atoms in total. The van der Waals surface area contributed by atoms with Gasteiger partial charge in [-0.25, -0.2) is 4.79 Å². The monoisotopic (exact) mass is 336 g/mol. The Bertz CT molecular complexity index is 866. The Labute approximate surface area is 145 Å². The highest BCUT2D eigenvalue weighted by atomic mass is 16.5. The summed E-state index contributed by atoms with van der Waals surface area (Å²) < 4.78 is 5.47. The van der Waals surface area contributed by atoms with Gasteiger partial charge in [-0.2, -0.15) is 5.26 Å². The molecule has 0 aliphatic rings. The molecule has 2 aromatic rings. The van der Waals surface area contributed by atoms with E-state index in [9.17, 15) is 14.9 Å². The number of amides is 1. The highest BCUT2D eigenvalue weighted by molar-refractivity contribution is 6.11. The number of carbonyl (C=O) groups excluding carboxylic acids is 1. The van der Waals surface area contributed by atoms with Crippen molar-refractivity contribution in [2.75, 3.05) is 11.9 Å². The Kier molecular flexibility index (Phi) is 5.91. The summed E-state index contributed by atoms with van der Waals surface area (Å²) in [5, 5.41) is 20.9. The lowest BCUT2D eigenvalue weighted by Crippen LogP contribution is -2.16. The van der Waals surface area contributed by atoms with Crippen LogP contribution in [0.4, 0.5) is 5.69 Å². The van der Waals surface area contributed by atoms with Gasteiger partial charge < -0.3 is 15.2 Å². The summed E-state index contributed by atoms with van der Waals surface area (Å²) in [7, 11) is 0. The van der Waals surface area contributed by atoms with E-state index < -0.39 is 11.9 Å². The number of hydrogen-bond donors (Lipinski definition) is 2. The standard InChI is InChI=1S/C19H16N2O4/c1-2-25-17-10-6-3-7-13(17)11-14(12-20)18(22)21-16-9-5-4-8-15(16)19(23)24/h3-11H,2H2,1H3,(H,21,22)(H,23,24). The first-order valence-electron chi connectivity index (χ1n) is 7.54. The van der Waals surface area contributed by atoms with Crippen molar-refractivity contribution in [3.8, 4) is 11.8 Å². The minimum Gasteiger partial charge on any atom is -0.493 e. The van der Waals surface area contributed by atoms with Crippen LogP contribution in [0.2, 0.25) is 0 Å². The Morgan fingerprint density at radius 2 is 1.88 bits per heavy atom. The van der Waals surface area contributed by atoms with Gasteiger partial charge in [-0.1, -0.05) is 30.3 Å². The molecular weight excluding hydrogens is 320 g/mol. The van der Waals surface area contributed by atoms with Crippen molar-refractivity contribution >= 4 is 23.6 Å². The maximum Gasteiger partial charge on any atom is 0.337 e. The van der Waals surface area contributed by atoms with Gasteiger partial charge in [0.05, 0.1) is 17.9 Å². The van der Waals surface area contributed by atoms with Gasteiger partial charge in [-0.05, 0) is 31.2 Å². The van der Waals surface area contributed by atoms with Crippen molar-refractivity contribution in [2.45, 2.75) is 6.92 Å². The summed E-state index contributed by atoms with van der Waals surface area (Å²) in [6.07, 6.45) is 1.41. The summed E-state index contributed by atoms with van der Waals surface area (Å²) in [5.74, 6) is -1.31. The summed E-state index contributed by atoms with van der Waals surface area (Å²) >= 11 is 0. The van der Waals surface area contributed by atoms with E-state index in [1.165, 1.54) is 18.2 Å². The van der Waals surface area contributed by atoms with Crippen LogP contribution in [0, 0.1) is 11.3 Å². The number of nitrogens with zero attached hydrogens (tertiary/aromatic N) is 1. The Hall–Kier alpha value is -3.59. The van der Waals surface area contributed by atoms with Crippen molar-refractivity contribution in [1.82, 2.24) is 0 Å². The van der Waals surface area contributed by atoms with Crippen LogP contribution in [0.3, 0.4) is 0 Å². The number of ether oxygens (including phenoxy) is 1. The van der Waals surface area contributed by atoms with Gasteiger partial charge in [0.25, 0.3) is 5.91 Å². The van der Waals surface area contributed by atoms with Crippen LogP contribution in [-0.2, 0) is 4.79 Å². The molecule has 0 aliphatic carbocycles. The lowest BCUT2D eigenvalue weighted by atomic mass is 10.1. The van der Waals surface area contributed by atoms with E-state index in [4.69, 9.17) is 9.84 Å². The van der Waals surface area contributed by atoms with Crippen molar-refractivity contribution in [3.63, 3.8) is 0 Å². The van der Waals surface area contributed by atoms with E-state index in [1.807, 2.05) is 13.0 Å². The number of rotatable bonds is 6. The molecule has 0 unspecified atom stereocenters. The highest BCUT2D eigenvalue weighted by Crippen LogP contribution is 2.22. The Balaban J connectivity index is 2.32. The second kappa shape index (κ2) is 8.31. The molecule has 0 bridgehead atoms. The first-order chi connectivity index (χ1) is 12.1. The number of carboxylic acid groups (broad SMARTS) is 1. The molecule has 0 aromatic heterocycles. The van der Waals surface area contributed by atoms with Crippen LogP contribution in [0.25, 0.3) is 6.08 Å². The molecule has 0 saturated heterocycles. The second-order valence-corrected chi connectivity index (χ2v) is 4.95. The van der Waals surface area contributed by atoms with Crippen LogP contribution in [-0.4, -0.2) is 23.6 Å². The largest absolute Gasteiger partial charge is 0.493 e. The topological polar surface area (TPSA) is 99.4 Å². The predicted octanol–water partition coefficient (Wildman–Crippen LogP) is 3.33. The smallest absolute Gasteiger partial charge is 0.337 e.